The van der Waals surface area contributed by atoms with E-state index in [1.54, 1.807) is 11.3 Å². The predicted octanol–water partition coefficient (Wildman–Crippen LogP) is 2.02. The average Bonchev–Trinajstić information content (AvgIpc) is 2.98. The SMILES string of the molecule is O=C1CC[C@@]2(CCCN(C(=O)c3ccsc3)CC2)N1. The minimum Gasteiger partial charge on any atom is -0.351 e. The summed E-state index contributed by atoms with van der Waals surface area (Å²) in [6.45, 7) is 1.54. The van der Waals surface area contributed by atoms with E-state index in [1.165, 1.54) is 0 Å². The van der Waals surface area contributed by atoms with Crippen molar-refractivity contribution in [3.05, 3.63) is 22.4 Å². The van der Waals surface area contributed by atoms with Crippen LogP contribution in [0.5, 0.6) is 0 Å². The zero-order valence-corrected chi connectivity index (χ0v) is 11.7. The monoisotopic (exact) mass is 278 g/mol. The Bertz CT molecular complexity index is 486. The number of rotatable bonds is 1. The van der Waals surface area contributed by atoms with Crippen LogP contribution in [-0.4, -0.2) is 35.3 Å². The molecule has 0 unspecified atom stereocenters. The van der Waals surface area contributed by atoms with Gasteiger partial charge in [0.2, 0.25) is 5.91 Å². The normalized spacial score (nSPS) is 27.4. The molecule has 2 fully saturated rings. The molecule has 0 radical (unpaired) electrons. The van der Waals surface area contributed by atoms with Crippen molar-refractivity contribution in [2.24, 2.45) is 0 Å². The van der Waals surface area contributed by atoms with E-state index >= 15 is 0 Å². The van der Waals surface area contributed by atoms with E-state index in [0.29, 0.717) is 6.42 Å². The third kappa shape index (κ3) is 2.52. The Hall–Kier alpha value is -1.36. The Morgan fingerprint density at radius 2 is 2.21 bits per heavy atom. The van der Waals surface area contributed by atoms with Crippen LogP contribution in [0.25, 0.3) is 0 Å². The van der Waals surface area contributed by atoms with Gasteiger partial charge in [0, 0.05) is 30.4 Å². The van der Waals surface area contributed by atoms with E-state index in [4.69, 9.17) is 0 Å². The molecule has 1 aromatic heterocycles. The van der Waals surface area contributed by atoms with Crippen molar-refractivity contribution in [3.8, 4) is 0 Å². The van der Waals surface area contributed by atoms with Gasteiger partial charge >= 0.3 is 0 Å². The first-order valence-corrected chi connectivity index (χ1v) is 7.75. The fraction of sp³-hybridized carbons (Fsp3) is 0.571. The number of nitrogens with zero attached hydrogens (tertiary/aromatic N) is 1. The molecule has 0 bridgehead atoms. The highest BCUT2D eigenvalue weighted by atomic mass is 32.1. The van der Waals surface area contributed by atoms with Crippen molar-refractivity contribution in [2.45, 2.75) is 37.6 Å². The van der Waals surface area contributed by atoms with Gasteiger partial charge in [-0.15, -0.1) is 0 Å². The zero-order chi connectivity index (χ0) is 13.3. The Labute approximate surface area is 116 Å². The summed E-state index contributed by atoms with van der Waals surface area (Å²) in [5.74, 6) is 0.292. The van der Waals surface area contributed by atoms with Crippen LogP contribution in [0.4, 0.5) is 0 Å². The van der Waals surface area contributed by atoms with Gasteiger partial charge in [-0.1, -0.05) is 0 Å². The summed E-state index contributed by atoms with van der Waals surface area (Å²) in [5, 5.41) is 6.97. The van der Waals surface area contributed by atoms with E-state index in [1.807, 2.05) is 21.7 Å². The minimum absolute atomic E-state index is 0.0409. The lowest BCUT2D eigenvalue weighted by atomic mass is 9.89. The highest BCUT2D eigenvalue weighted by Crippen LogP contribution is 2.31. The van der Waals surface area contributed by atoms with Crippen molar-refractivity contribution in [1.82, 2.24) is 10.2 Å². The number of thiophene rings is 1. The Balaban J connectivity index is 1.68. The molecule has 2 aliphatic rings. The molecule has 19 heavy (non-hydrogen) atoms. The Morgan fingerprint density at radius 3 is 2.89 bits per heavy atom. The summed E-state index contributed by atoms with van der Waals surface area (Å²) in [5.41, 5.74) is 0.747. The van der Waals surface area contributed by atoms with E-state index < -0.39 is 0 Å². The smallest absolute Gasteiger partial charge is 0.254 e. The first-order chi connectivity index (χ1) is 9.19. The number of hydrogen-bond acceptors (Lipinski definition) is 3. The lowest BCUT2D eigenvalue weighted by Gasteiger charge is -2.27. The maximum absolute atomic E-state index is 12.3. The average molecular weight is 278 g/mol. The van der Waals surface area contributed by atoms with Gasteiger partial charge in [0.15, 0.2) is 0 Å². The molecule has 3 heterocycles. The molecule has 0 aliphatic carbocycles. The predicted molar refractivity (Wildman–Crippen MR) is 74.2 cm³/mol. The largest absolute Gasteiger partial charge is 0.351 e. The second-order valence-corrected chi connectivity index (χ2v) is 6.27. The van der Waals surface area contributed by atoms with Crippen molar-refractivity contribution < 1.29 is 9.59 Å². The molecule has 0 aromatic carbocycles. The van der Waals surface area contributed by atoms with Gasteiger partial charge in [-0.25, -0.2) is 0 Å². The van der Waals surface area contributed by atoms with Gasteiger partial charge in [-0.05, 0) is 37.1 Å². The fourth-order valence-corrected chi connectivity index (χ4v) is 3.74. The highest BCUT2D eigenvalue weighted by Gasteiger charge is 2.39. The molecular formula is C14H18N2O2S. The van der Waals surface area contributed by atoms with Gasteiger partial charge < -0.3 is 10.2 Å². The summed E-state index contributed by atoms with van der Waals surface area (Å²) in [7, 11) is 0. The summed E-state index contributed by atoms with van der Waals surface area (Å²) in [4.78, 5) is 25.7. The van der Waals surface area contributed by atoms with Crippen molar-refractivity contribution >= 4 is 23.2 Å². The first kappa shape index (κ1) is 12.7. The zero-order valence-electron chi connectivity index (χ0n) is 10.9. The van der Waals surface area contributed by atoms with E-state index in [-0.39, 0.29) is 17.4 Å². The molecule has 2 aliphatic heterocycles. The van der Waals surface area contributed by atoms with E-state index in [9.17, 15) is 9.59 Å². The van der Waals surface area contributed by atoms with Crippen LogP contribution in [0.3, 0.4) is 0 Å². The Kier molecular flexibility index (Phi) is 3.31. The second kappa shape index (κ2) is 4.96. The molecule has 1 aromatic rings. The highest BCUT2D eigenvalue weighted by molar-refractivity contribution is 7.08. The summed E-state index contributed by atoms with van der Waals surface area (Å²) in [6.07, 6.45) is 4.40. The molecular weight excluding hydrogens is 260 g/mol. The van der Waals surface area contributed by atoms with Crippen LogP contribution in [0, 0.1) is 0 Å². The standard InChI is InChI=1S/C14H18N2O2S/c17-12-2-5-14(15-12)4-1-7-16(8-6-14)13(18)11-3-9-19-10-11/h3,9-10H,1-2,4-8H2,(H,15,17)/t14-/m1/s1. The third-order valence-corrected chi connectivity index (χ3v) is 4.92. The first-order valence-electron chi connectivity index (χ1n) is 6.81. The number of nitrogens with one attached hydrogen (secondary N) is 1. The van der Waals surface area contributed by atoms with Crippen LogP contribution in [0.2, 0.25) is 0 Å². The van der Waals surface area contributed by atoms with Gasteiger partial charge in [0.1, 0.15) is 0 Å². The van der Waals surface area contributed by atoms with Crippen LogP contribution in [0.1, 0.15) is 42.5 Å². The van der Waals surface area contributed by atoms with Crippen molar-refractivity contribution in [1.29, 1.82) is 0 Å². The van der Waals surface area contributed by atoms with Gasteiger partial charge in [-0.2, -0.15) is 11.3 Å². The molecule has 3 rings (SSSR count). The quantitative estimate of drug-likeness (QED) is 0.854. The van der Waals surface area contributed by atoms with Gasteiger partial charge in [-0.3, -0.25) is 9.59 Å². The van der Waals surface area contributed by atoms with E-state index in [2.05, 4.69) is 5.32 Å². The van der Waals surface area contributed by atoms with Crippen molar-refractivity contribution in [2.75, 3.05) is 13.1 Å². The molecule has 2 saturated heterocycles. The van der Waals surface area contributed by atoms with Gasteiger partial charge in [0.25, 0.3) is 5.91 Å². The molecule has 1 N–H and O–H groups in total. The number of carbonyl (C=O) groups excluding carboxylic acids is 2. The summed E-state index contributed by atoms with van der Waals surface area (Å²) >= 11 is 1.55. The number of carbonyl (C=O) groups is 2. The number of amides is 2. The lowest BCUT2D eigenvalue weighted by Crippen LogP contribution is -2.42. The minimum atomic E-state index is -0.0409. The summed E-state index contributed by atoms with van der Waals surface area (Å²) in [6, 6.07) is 1.88. The van der Waals surface area contributed by atoms with Crippen LogP contribution in [-0.2, 0) is 4.79 Å². The maximum Gasteiger partial charge on any atom is 0.254 e. The number of likely N-dealkylation sites (tertiary alicyclic amines) is 1. The van der Waals surface area contributed by atoms with Crippen LogP contribution in [0.15, 0.2) is 16.8 Å². The molecule has 5 heteroatoms. The molecule has 102 valence electrons. The molecule has 0 saturated carbocycles. The molecule has 1 atom stereocenters. The fourth-order valence-electron chi connectivity index (χ4n) is 3.11. The molecule has 4 nitrogen and oxygen atoms in total. The lowest BCUT2D eigenvalue weighted by molar-refractivity contribution is -0.119. The Morgan fingerprint density at radius 1 is 1.32 bits per heavy atom. The van der Waals surface area contributed by atoms with E-state index in [0.717, 1.165) is 44.3 Å². The third-order valence-electron chi connectivity index (χ3n) is 4.23. The van der Waals surface area contributed by atoms with Crippen LogP contribution < -0.4 is 5.32 Å². The topological polar surface area (TPSA) is 49.4 Å². The number of hydrogen-bond donors (Lipinski definition) is 1. The summed E-state index contributed by atoms with van der Waals surface area (Å²) < 4.78 is 0. The van der Waals surface area contributed by atoms with Gasteiger partial charge in [0.05, 0.1) is 5.56 Å². The maximum atomic E-state index is 12.3. The van der Waals surface area contributed by atoms with Crippen molar-refractivity contribution in [3.63, 3.8) is 0 Å². The molecule has 1 spiro atoms. The van der Waals surface area contributed by atoms with Crippen LogP contribution >= 0.6 is 11.3 Å². The molecule has 2 amide bonds. The second-order valence-electron chi connectivity index (χ2n) is 5.49.